The van der Waals surface area contributed by atoms with Gasteiger partial charge in [-0.25, -0.2) is 0 Å². The summed E-state index contributed by atoms with van der Waals surface area (Å²) in [5.74, 6) is 1.72. The fourth-order valence-electron chi connectivity index (χ4n) is 2.91. The minimum Gasteiger partial charge on any atom is -0.324 e. The highest BCUT2D eigenvalue weighted by Gasteiger charge is 2.51. The number of fused-ring (bicyclic) bond motifs is 1. The maximum atomic E-state index is 5.94. The molecule has 0 radical (unpaired) electrons. The first kappa shape index (κ1) is 8.31. The molecule has 3 rings (SSSR count). The van der Waals surface area contributed by atoms with Crippen molar-refractivity contribution >= 4 is 0 Å². The molecule has 3 aliphatic rings. The third-order valence-electron chi connectivity index (χ3n) is 4.04. The van der Waals surface area contributed by atoms with Gasteiger partial charge in [0.1, 0.15) is 0 Å². The summed E-state index contributed by atoms with van der Waals surface area (Å²) < 4.78 is 0. The van der Waals surface area contributed by atoms with Gasteiger partial charge < -0.3 is 5.73 Å². The third kappa shape index (κ3) is 0.891. The third-order valence-corrected chi connectivity index (χ3v) is 4.04. The van der Waals surface area contributed by atoms with Crippen LogP contribution in [0, 0.1) is 17.3 Å². The molecule has 0 aromatic carbocycles. The van der Waals surface area contributed by atoms with Crippen LogP contribution in [0.2, 0.25) is 0 Å². The summed E-state index contributed by atoms with van der Waals surface area (Å²) in [4.78, 5) is 0. The highest BCUT2D eigenvalue weighted by atomic mass is 14.7. The van der Waals surface area contributed by atoms with Gasteiger partial charge in [0.2, 0.25) is 0 Å². The first-order valence-corrected chi connectivity index (χ1v) is 4.99. The fourth-order valence-corrected chi connectivity index (χ4v) is 2.91. The van der Waals surface area contributed by atoms with Gasteiger partial charge in [0.25, 0.3) is 0 Å². The number of allylic oxidation sites excluding steroid dienone is 1. The smallest absolute Gasteiger partial charge is 0.0227 e. The lowest BCUT2D eigenvalue weighted by Gasteiger charge is -2.57. The van der Waals surface area contributed by atoms with E-state index in [1.54, 1.807) is 0 Å². The van der Waals surface area contributed by atoms with Crippen LogP contribution in [0.1, 0.15) is 33.6 Å². The van der Waals surface area contributed by atoms with Crippen LogP contribution in [0.25, 0.3) is 0 Å². The first-order valence-electron chi connectivity index (χ1n) is 4.99. The largest absolute Gasteiger partial charge is 0.324 e. The first-order chi connectivity index (χ1) is 5.53. The molecule has 0 spiro atoms. The van der Waals surface area contributed by atoms with Crippen molar-refractivity contribution in [2.24, 2.45) is 23.0 Å². The van der Waals surface area contributed by atoms with Gasteiger partial charge in [-0.2, -0.15) is 0 Å². The minimum atomic E-state index is 0.274. The summed E-state index contributed by atoms with van der Waals surface area (Å²) in [5.41, 5.74) is 7.99. The van der Waals surface area contributed by atoms with Gasteiger partial charge in [0.15, 0.2) is 0 Å². The normalized spacial score (nSPS) is 39.8. The predicted octanol–water partition coefficient (Wildman–Crippen LogP) is 2.33. The molecule has 0 aliphatic heterocycles. The molecule has 1 saturated carbocycles. The summed E-state index contributed by atoms with van der Waals surface area (Å²) in [5, 5.41) is 0. The van der Waals surface area contributed by atoms with Gasteiger partial charge in [0, 0.05) is 6.04 Å². The Labute approximate surface area is 75.0 Å². The lowest BCUT2D eigenvalue weighted by Crippen LogP contribution is -2.50. The molecule has 2 N–H and O–H groups in total. The zero-order chi connectivity index (χ0) is 8.93. The molecule has 0 amide bonds. The Morgan fingerprint density at radius 1 is 1.58 bits per heavy atom. The molecular weight excluding hydrogens is 146 g/mol. The predicted molar refractivity (Wildman–Crippen MR) is 51.7 cm³/mol. The number of rotatable bonds is 1. The number of nitrogens with two attached hydrogens (primary N) is 1. The molecule has 2 unspecified atom stereocenters. The van der Waals surface area contributed by atoms with Gasteiger partial charge in [-0.1, -0.05) is 25.5 Å². The van der Waals surface area contributed by atoms with Gasteiger partial charge >= 0.3 is 0 Å². The maximum Gasteiger partial charge on any atom is 0.0227 e. The Morgan fingerprint density at radius 2 is 2.25 bits per heavy atom. The van der Waals surface area contributed by atoms with Crippen molar-refractivity contribution in [3.63, 3.8) is 0 Å². The Balaban J connectivity index is 2.24. The zero-order valence-electron chi connectivity index (χ0n) is 8.30. The van der Waals surface area contributed by atoms with Crippen LogP contribution >= 0.6 is 0 Å². The molecule has 0 aromatic heterocycles. The highest BCUT2D eigenvalue weighted by Crippen LogP contribution is 2.59. The Kier molecular flexibility index (Phi) is 1.63. The quantitative estimate of drug-likeness (QED) is 0.593. The summed E-state index contributed by atoms with van der Waals surface area (Å²) in [6.07, 6.45) is 5.04. The summed E-state index contributed by atoms with van der Waals surface area (Å²) in [6, 6.07) is 0.274. The molecule has 3 atom stereocenters. The van der Waals surface area contributed by atoms with Gasteiger partial charge in [-0.05, 0) is 37.0 Å². The molecule has 68 valence electrons. The molecule has 0 heterocycles. The second kappa shape index (κ2) is 2.35. The van der Waals surface area contributed by atoms with Gasteiger partial charge in [-0.15, -0.1) is 0 Å². The van der Waals surface area contributed by atoms with E-state index in [4.69, 9.17) is 5.73 Å². The second-order valence-corrected chi connectivity index (χ2v) is 5.04. The van der Waals surface area contributed by atoms with Crippen molar-refractivity contribution in [2.75, 3.05) is 0 Å². The van der Waals surface area contributed by atoms with E-state index in [-0.39, 0.29) is 6.04 Å². The SMILES string of the molecule is C[C@H](N)C1=CCC2CC1C2(C)C. The summed E-state index contributed by atoms with van der Waals surface area (Å²) in [7, 11) is 0. The molecule has 12 heavy (non-hydrogen) atoms. The van der Waals surface area contributed by atoms with Crippen LogP contribution in [0.3, 0.4) is 0 Å². The summed E-state index contributed by atoms with van der Waals surface area (Å²) in [6.45, 7) is 6.89. The van der Waals surface area contributed by atoms with Crippen LogP contribution < -0.4 is 5.73 Å². The van der Waals surface area contributed by atoms with Crippen molar-refractivity contribution in [3.8, 4) is 0 Å². The lowest BCUT2D eigenvalue weighted by atomic mass is 9.48. The molecule has 0 saturated heterocycles. The van der Waals surface area contributed by atoms with Crippen molar-refractivity contribution < 1.29 is 0 Å². The van der Waals surface area contributed by atoms with E-state index in [2.05, 4.69) is 26.8 Å². The monoisotopic (exact) mass is 165 g/mol. The van der Waals surface area contributed by atoms with Crippen LogP contribution in [0.5, 0.6) is 0 Å². The van der Waals surface area contributed by atoms with Crippen LogP contribution in [0.4, 0.5) is 0 Å². The molecule has 0 aromatic rings. The van der Waals surface area contributed by atoms with Crippen molar-refractivity contribution in [3.05, 3.63) is 11.6 Å². The minimum absolute atomic E-state index is 0.274. The van der Waals surface area contributed by atoms with Crippen LogP contribution in [-0.2, 0) is 0 Å². The molecule has 3 aliphatic carbocycles. The maximum absolute atomic E-state index is 5.94. The van der Waals surface area contributed by atoms with Crippen LogP contribution in [-0.4, -0.2) is 6.04 Å². The molecular formula is C11H19N. The summed E-state index contributed by atoms with van der Waals surface area (Å²) >= 11 is 0. The highest BCUT2D eigenvalue weighted by molar-refractivity contribution is 5.26. The average molecular weight is 165 g/mol. The standard InChI is InChI=1S/C11H19N/c1-7(12)9-5-4-8-6-10(9)11(8,2)3/h5,7-8,10H,4,6,12H2,1-3H3/t7-,8?,10?/m0/s1. The van der Waals surface area contributed by atoms with E-state index in [9.17, 15) is 0 Å². The topological polar surface area (TPSA) is 26.0 Å². The van der Waals surface area contributed by atoms with E-state index in [1.807, 2.05) is 0 Å². The van der Waals surface area contributed by atoms with E-state index in [1.165, 1.54) is 18.4 Å². The van der Waals surface area contributed by atoms with E-state index >= 15 is 0 Å². The van der Waals surface area contributed by atoms with E-state index in [0.29, 0.717) is 5.41 Å². The van der Waals surface area contributed by atoms with Crippen molar-refractivity contribution in [2.45, 2.75) is 39.7 Å². The fraction of sp³-hybridized carbons (Fsp3) is 0.818. The zero-order valence-corrected chi connectivity index (χ0v) is 8.30. The molecule has 1 nitrogen and oxygen atoms in total. The van der Waals surface area contributed by atoms with Gasteiger partial charge in [-0.3, -0.25) is 0 Å². The molecule has 1 fully saturated rings. The van der Waals surface area contributed by atoms with Crippen molar-refractivity contribution in [1.82, 2.24) is 0 Å². The second-order valence-electron chi connectivity index (χ2n) is 5.04. The Bertz CT molecular complexity index is 225. The number of hydrogen-bond donors (Lipinski definition) is 1. The van der Waals surface area contributed by atoms with Crippen LogP contribution in [0.15, 0.2) is 11.6 Å². The van der Waals surface area contributed by atoms with E-state index < -0.39 is 0 Å². The Hall–Kier alpha value is -0.300. The lowest BCUT2D eigenvalue weighted by molar-refractivity contribution is -0.00923. The molecule has 1 heteroatoms. The number of hydrogen-bond acceptors (Lipinski definition) is 1. The van der Waals surface area contributed by atoms with E-state index in [0.717, 1.165) is 11.8 Å². The Morgan fingerprint density at radius 3 is 2.58 bits per heavy atom. The molecule has 2 bridgehead atoms. The average Bonchev–Trinajstić information content (AvgIpc) is 2.04. The van der Waals surface area contributed by atoms with Crippen molar-refractivity contribution in [1.29, 1.82) is 0 Å². The van der Waals surface area contributed by atoms with Gasteiger partial charge in [0.05, 0.1) is 0 Å².